The lowest BCUT2D eigenvalue weighted by molar-refractivity contribution is -0.117. The first-order valence-corrected chi connectivity index (χ1v) is 9.13. The third-order valence-electron chi connectivity index (χ3n) is 4.64. The molecule has 1 aliphatic rings. The quantitative estimate of drug-likeness (QED) is 0.566. The molecule has 9 nitrogen and oxygen atoms in total. The Kier molecular flexibility index (Phi) is 3.83. The Balaban J connectivity index is 1.47. The van der Waals surface area contributed by atoms with E-state index in [2.05, 4.69) is 25.7 Å². The maximum Gasteiger partial charge on any atom is 0.275 e. The second-order valence-corrected chi connectivity index (χ2v) is 7.15. The van der Waals surface area contributed by atoms with Crippen LogP contribution >= 0.6 is 11.6 Å². The summed E-state index contributed by atoms with van der Waals surface area (Å²) in [6.45, 7) is -0.209. The predicted molar refractivity (Wildman–Crippen MR) is 102 cm³/mol. The number of rotatable bonds is 4. The Morgan fingerprint density at radius 3 is 2.86 bits per heavy atom. The topological polar surface area (TPSA) is 107 Å². The summed E-state index contributed by atoms with van der Waals surface area (Å²) in [4.78, 5) is 25.3. The van der Waals surface area contributed by atoms with E-state index in [1.54, 1.807) is 30.3 Å². The number of amides is 1. The molecule has 3 aromatic heterocycles. The number of benzene rings is 1. The lowest BCUT2D eigenvalue weighted by Crippen LogP contribution is -2.31. The first-order valence-electron chi connectivity index (χ1n) is 8.76. The van der Waals surface area contributed by atoms with E-state index in [9.17, 15) is 9.59 Å². The normalized spacial score (nSPS) is 13.9. The number of anilines is 1. The molecule has 1 amide bonds. The Labute approximate surface area is 162 Å². The molecule has 4 aromatic rings. The van der Waals surface area contributed by atoms with Crippen LogP contribution in [0.3, 0.4) is 0 Å². The van der Waals surface area contributed by atoms with Gasteiger partial charge in [-0.15, -0.1) is 15.3 Å². The minimum Gasteiger partial charge on any atom is -0.308 e. The van der Waals surface area contributed by atoms with Crippen molar-refractivity contribution in [2.75, 3.05) is 5.32 Å². The van der Waals surface area contributed by atoms with Crippen LogP contribution in [0.1, 0.15) is 24.5 Å². The van der Waals surface area contributed by atoms with E-state index in [1.807, 2.05) is 0 Å². The molecule has 1 aromatic carbocycles. The zero-order valence-electron chi connectivity index (χ0n) is 14.5. The van der Waals surface area contributed by atoms with Gasteiger partial charge in [0.05, 0.1) is 11.1 Å². The standard InChI is InChI=1S/C18H14ClN7O2/c19-11-3-4-12-13(7-11)17(10-1-2-10)24-25(18(12)28)8-16(27)21-14-5-6-15-22-20-9-26(15)23-14/h3-7,9-10H,1-2,8H2,(H,21,23,27). The summed E-state index contributed by atoms with van der Waals surface area (Å²) < 4.78 is 2.65. The molecule has 0 atom stereocenters. The number of hydrogen-bond donors (Lipinski definition) is 1. The monoisotopic (exact) mass is 395 g/mol. The van der Waals surface area contributed by atoms with E-state index in [0.29, 0.717) is 27.8 Å². The van der Waals surface area contributed by atoms with Gasteiger partial charge in [-0.3, -0.25) is 9.59 Å². The van der Waals surface area contributed by atoms with Crippen molar-refractivity contribution >= 4 is 39.7 Å². The average molecular weight is 396 g/mol. The van der Waals surface area contributed by atoms with Crippen molar-refractivity contribution in [3.05, 3.63) is 57.7 Å². The van der Waals surface area contributed by atoms with Crippen molar-refractivity contribution in [2.45, 2.75) is 25.3 Å². The summed E-state index contributed by atoms with van der Waals surface area (Å²) in [5, 5.41) is 20.8. The fourth-order valence-corrected chi connectivity index (χ4v) is 3.33. The van der Waals surface area contributed by atoms with Crippen molar-refractivity contribution in [1.29, 1.82) is 0 Å². The zero-order valence-corrected chi connectivity index (χ0v) is 15.3. The van der Waals surface area contributed by atoms with Crippen LogP contribution in [0, 0.1) is 0 Å². The van der Waals surface area contributed by atoms with Gasteiger partial charge in [0, 0.05) is 16.3 Å². The van der Waals surface area contributed by atoms with Crippen LogP contribution in [0.2, 0.25) is 5.02 Å². The van der Waals surface area contributed by atoms with Gasteiger partial charge in [-0.05, 0) is 43.2 Å². The van der Waals surface area contributed by atoms with Gasteiger partial charge in [-0.25, -0.2) is 4.68 Å². The number of hydrogen-bond acceptors (Lipinski definition) is 6. The molecule has 10 heteroatoms. The molecule has 0 radical (unpaired) electrons. The highest BCUT2D eigenvalue weighted by molar-refractivity contribution is 6.31. The van der Waals surface area contributed by atoms with Crippen molar-refractivity contribution in [3.8, 4) is 0 Å². The molecule has 5 rings (SSSR count). The van der Waals surface area contributed by atoms with Crippen LogP contribution in [0.25, 0.3) is 16.4 Å². The smallest absolute Gasteiger partial charge is 0.275 e. The highest BCUT2D eigenvalue weighted by atomic mass is 35.5. The lowest BCUT2D eigenvalue weighted by atomic mass is 10.1. The molecule has 0 bridgehead atoms. The molecule has 1 saturated carbocycles. The van der Waals surface area contributed by atoms with E-state index >= 15 is 0 Å². The summed E-state index contributed by atoms with van der Waals surface area (Å²) in [6, 6.07) is 8.43. The van der Waals surface area contributed by atoms with Crippen LogP contribution < -0.4 is 10.9 Å². The van der Waals surface area contributed by atoms with Gasteiger partial charge in [-0.1, -0.05) is 11.6 Å². The van der Waals surface area contributed by atoms with Crippen LogP contribution in [0.5, 0.6) is 0 Å². The van der Waals surface area contributed by atoms with Gasteiger partial charge in [0.15, 0.2) is 11.5 Å². The summed E-state index contributed by atoms with van der Waals surface area (Å²) in [6.07, 6.45) is 3.47. The minimum absolute atomic E-state index is 0.209. The molecular weight excluding hydrogens is 382 g/mol. The van der Waals surface area contributed by atoms with Gasteiger partial charge in [0.1, 0.15) is 12.9 Å². The SMILES string of the molecule is O=C(Cn1nc(C2CC2)c2cc(Cl)ccc2c1=O)Nc1ccc2nncn2n1. The molecule has 0 spiro atoms. The number of carbonyl (C=O) groups excluding carboxylic acids is 1. The molecule has 3 heterocycles. The maximum absolute atomic E-state index is 12.8. The maximum atomic E-state index is 12.8. The Morgan fingerprint density at radius 1 is 1.18 bits per heavy atom. The highest BCUT2D eigenvalue weighted by Crippen LogP contribution is 2.41. The summed E-state index contributed by atoms with van der Waals surface area (Å²) in [7, 11) is 0. The van der Waals surface area contributed by atoms with Crippen molar-refractivity contribution in [1.82, 2.24) is 29.6 Å². The number of nitrogens with one attached hydrogen (secondary N) is 1. The van der Waals surface area contributed by atoms with E-state index in [4.69, 9.17) is 11.6 Å². The van der Waals surface area contributed by atoms with E-state index in [-0.39, 0.29) is 12.1 Å². The molecular formula is C18H14ClN7O2. The van der Waals surface area contributed by atoms with Crippen molar-refractivity contribution in [3.63, 3.8) is 0 Å². The van der Waals surface area contributed by atoms with Gasteiger partial charge < -0.3 is 5.32 Å². The average Bonchev–Trinajstić information content (AvgIpc) is 3.41. The lowest BCUT2D eigenvalue weighted by Gasteiger charge is -2.11. The molecule has 140 valence electrons. The molecule has 0 unspecified atom stereocenters. The van der Waals surface area contributed by atoms with Crippen LogP contribution in [-0.4, -0.2) is 35.5 Å². The number of nitrogens with zero attached hydrogens (tertiary/aromatic N) is 6. The second kappa shape index (κ2) is 6.38. The molecule has 0 aliphatic heterocycles. The third kappa shape index (κ3) is 2.99. The Bertz CT molecular complexity index is 1290. The van der Waals surface area contributed by atoms with Gasteiger partial charge in [-0.2, -0.15) is 9.61 Å². The van der Waals surface area contributed by atoms with Gasteiger partial charge >= 0.3 is 0 Å². The molecule has 1 fully saturated rings. The molecule has 1 N–H and O–H groups in total. The Morgan fingerprint density at radius 2 is 2.04 bits per heavy atom. The van der Waals surface area contributed by atoms with Crippen molar-refractivity contribution < 1.29 is 4.79 Å². The van der Waals surface area contributed by atoms with E-state index < -0.39 is 5.91 Å². The zero-order chi connectivity index (χ0) is 19.3. The Hall–Kier alpha value is -3.33. The van der Waals surface area contributed by atoms with Crippen molar-refractivity contribution in [2.24, 2.45) is 0 Å². The predicted octanol–water partition coefficient (Wildman–Crippen LogP) is 2.00. The fraction of sp³-hybridized carbons (Fsp3) is 0.222. The number of aromatic nitrogens is 6. The number of halogens is 1. The van der Waals surface area contributed by atoms with Gasteiger partial charge in [0.2, 0.25) is 5.91 Å². The highest BCUT2D eigenvalue weighted by Gasteiger charge is 2.29. The minimum atomic E-state index is -0.399. The summed E-state index contributed by atoms with van der Waals surface area (Å²) in [5.41, 5.74) is 1.06. The third-order valence-corrected chi connectivity index (χ3v) is 4.87. The van der Waals surface area contributed by atoms with Crippen LogP contribution in [0.15, 0.2) is 41.5 Å². The molecule has 1 aliphatic carbocycles. The summed E-state index contributed by atoms with van der Waals surface area (Å²) in [5.74, 6) is 0.235. The van der Waals surface area contributed by atoms with Crippen LogP contribution in [-0.2, 0) is 11.3 Å². The molecule has 0 saturated heterocycles. The fourth-order valence-electron chi connectivity index (χ4n) is 3.16. The summed E-state index contributed by atoms with van der Waals surface area (Å²) >= 11 is 6.10. The van der Waals surface area contributed by atoms with E-state index in [1.165, 1.54) is 15.5 Å². The first-order chi connectivity index (χ1) is 13.6. The second-order valence-electron chi connectivity index (χ2n) is 6.71. The first kappa shape index (κ1) is 16.8. The van der Waals surface area contributed by atoms with E-state index in [0.717, 1.165) is 23.9 Å². The molecule has 28 heavy (non-hydrogen) atoms. The number of fused-ring (bicyclic) bond motifs is 2. The number of carbonyl (C=O) groups is 1. The largest absolute Gasteiger partial charge is 0.308 e. The van der Waals surface area contributed by atoms with Crippen LogP contribution in [0.4, 0.5) is 5.82 Å². The van der Waals surface area contributed by atoms with Gasteiger partial charge in [0.25, 0.3) is 5.56 Å².